The van der Waals surface area contributed by atoms with Crippen molar-refractivity contribution in [2.45, 2.75) is 19.4 Å². The van der Waals surface area contributed by atoms with Crippen LogP contribution in [0, 0.1) is 11.7 Å². The molecule has 1 saturated heterocycles. The van der Waals surface area contributed by atoms with Crippen molar-refractivity contribution in [3.63, 3.8) is 0 Å². The summed E-state index contributed by atoms with van der Waals surface area (Å²) in [7, 11) is 0. The second-order valence-corrected chi connectivity index (χ2v) is 6.02. The molecule has 1 fully saturated rings. The molecule has 2 N–H and O–H groups in total. The normalized spacial score (nSPS) is 18.2. The first-order valence-corrected chi connectivity index (χ1v) is 8.17. The molecule has 0 saturated carbocycles. The third-order valence-electron chi connectivity index (χ3n) is 4.22. The van der Waals surface area contributed by atoms with Crippen LogP contribution < -0.4 is 15.4 Å². The van der Waals surface area contributed by atoms with Crippen molar-refractivity contribution in [2.24, 2.45) is 5.92 Å². The number of ether oxygens (including phenoxy) is 1. The smallest absolute Gasteiger partial charge is 0.224 e. The molecule has 4 nitrogen and oxygen atoms in total. The van der Waals surface area contributed by atoms with Gasteiger partial charge < -0.3 is 15.4 Å². The Kier molecular flexibility index (Phi) is 5.11. The summed E-state index contributed by atoms with van der Waals surface area (Å²) in [6, 6.07) is 13.6. The molecule has 0 bridgehead atoms. The van der Waals surface area contributed by atoms with Crippen molar-refractivity contribution in [3.05, 3.63) is 59.9 Å². The Morgan fingerprint density at radius 3 is 2.75 bits per heavy atom. The Labute approximate surface area is 141 Å². The first-order valence-electron chi connectivity index (χ1n) is 8.17. The summed E-state index contributed by atoms with van der Waals surface area (Å²) in [6.45, 7) is 3.43. The van der Waals surface area contributed by atoms with E-state index < -0.39 is 5.82 Å². The molecular weight excluding hydrogens is 307 g/mol. The highest BCUT2D eigenvalue weighted by Gasteiger charge is 2.24. The summed E-state index contributed by atoms with van der Waals surface area (Å²) in [5, 5.41) is 6.12. The lowest BCUT2D eigenvalue weighted by atomic mass is 10.0. The molecule has 1 amide bonds. The maximum atomic E-state index is 14.3. The Morgan fingerprint density at radius 2 is 2.08 bits per heavy atom. The number of rotatable bonds is 5. The average Bonchev–Trinajstić information content (AvgIpc) is 3.12. The van der Waals surface area contributed by atoms with Gasteiger partial charge in [0.05, 0.1) is 12.0 Å². The summed E-state index contributed by atoms with van der Waals surface area (Å²) in [6.07, 6.45) is 0.844. The molecule has 2 atom stereocenters. The van der Waals surface area contributed by atoms with Crippen molar-refractivity contribution in [2.75, 3.05) is 13.1 Å². The maximum Gasteiger partial charge on any atom is 0.224 e. The monoisotopic (exact) mass is 328 g/mol. The molecule has 2 aromatic rings. The lowest BCUT2D eigenvalue weighted by Gasteiger charge is -2.18. The minimum atomic E-state index is -0.444. The van der Waals surface area contributed by atoms with Crippen LogP contribution in [0.25, 0.3) is 0 Å². The molecule has 3 rings (SSSR count). The van der Waals surface area contributed by atoms with Crippen LogP contribution in [-0.4, -0.2) is 19.0 Å². The average molecular weight is 328 g/mol. The number of carbonyl (C=O) groups excluding carboxylic acids is 1. The van der Waals surface area contributed by atoms with Gasteiger partial charge >= 0.3 is 0 Å². The number of halogens is 1. The molecule has 2 unspecified atom stereocenters. The first kappa shape index (κ1) is 16.5. The molecule has 1 heterocycles. The van der Waals surface area contributed by atoms with Gasteiger partial charge in [0.25, 0.3) is 0 Å². The lowest BCUT2D eigenvalue weighted by Crippen LogP contribution is -2.33. The molecule has 2 aromatic carbocycles. The topological polar surface area (TPSA) is 50.4 Å². The summed E-state index contributed by atoms with van der Waals surface area (Å²) in [4.78, 5) is 12.2. The SMILES string of the molecule is CC(NC(=O)C1CCNC1)c1ccc(Oc2ccccc2)c(F)c1. The standard InChI is InChI=1S/C19H21FN2O2/c1-13(22-19(23)15-9-10-21-12-15)14-7-8-18(17(20)11-14)24-16-5-3-2-4-6-16/h2-8,11,13,15,21H,9-10,12H2,1H3,(H,22,23). The van der Waals surface area contributed by atoms with E-state index in [1.807, 2.05) is 25.1 Å². The molecule has 126 valence electrons. The van der Waals surface area contributed by atoms with Crippen molar-refractivity contribution in [1.82, 2.24) is 10.6 Å². The van der Waals surface area contributed by atoms with Gasteiger partial charge in [0.2, 0.25) is 5.91 Å². The van der Waals surface area contributed by atoms with Gasteiger partial charge in [0.15, 0.2) is 11.6 Å². The fourth-order valence-corrected chi connectivity index (χ4v) is 2.78. The zero-order valence-electron chi connectivity index (χ0n) is 13.6. The van der Waals surface area contributed by atoms with Gasteiger partial charge in [-0.2, -0.15) is 0 Å². The van der Waals surface area contributed by atoms with Gasteiger partial charge in [-0.05, 0) is 49.7 Å². The van der Waals surface area contributed by atoms with E-state index in [1.54, 1.807) is 24.3 Å². The predicted molar refractivity (Wildman–Crippen MR) is 90.5 cm³/mol. The number of amides is 1. The maximum absolute atomic E-state index is 14.3. The molecule has 0 aliphatic carbocycles. The van der Waals surface area contributed by atoms with Gasteiger partial charge in [-0.25, -0.2) is 4.39 Å². The fourth-order valence-electron chi connectivity index (χ4n) is 2.78. The van der Waals surface area contributed by atoms with E-state index in [2.05, 4.69) is 10.6 Å². The molecule has 24 heavy (non-hydrogen) atoms. The highest BCUT2D eigenvalue weighted by molar-refractivity contribution is 5.79. The van der Waals surface area contributed by atoms with E-state index in [0.717, 1.165) is 13.0 Å². The molecular formula is C19H21FN2O2. The quantitative estimate of drug-likeness (QED) is 0.884. The summed E-state index contributed by atoms with van der Waals surface area (Å²) in [5.74, 6) is 0.318. The second-order valence-electron chi connectivity index (χ2n) is 6.02. The number of hydrogen-bond acceptors (Lipinski definition) is 3. The van der Waals surface area contributed by atoms with Crippen molar-refractivity contribution in [1.29, 1.82) is 0 Å². The number of benzene rings is 2. The zero-order chi connectivity index (χ0) is 16.9. The lowest BCUT2D eigenvalue weighted by molar-refractivity contribution is -0.125. The molecule has 1 aliphatic rings. The highest BCUT2D eigenvalue weighted by Crippen LogP contribution is 2.27. The first-order chi connectivity index (χ1) is 11.6. The van der Waals surface area contributed by atoms with Gasteiger partial charge in [-0.3, -0.25) is 4.79 Å². The molecule has 0 radical (unpaired) electrons. The van der Waals surface area contributed by atoms with E-state index in [1.165, 1.54) is 6.07 Å². The van der Waals surface area contributed by atoms with E-state index in [0.29, 0.717) is 17.9 Å². The third-order valence-corrected chi connectivity index (χ3v) is 4.22. The predicted octanol–water partition coefficient (Wildman–Crippen LogP) is 3.40. The molecule has 0 spiro atoms. The summed E-state index contributed by atoms with van der Waals surface area (Å²) >= 11 is 0. The van der Waals surface area contributed by atoms with Crippen LogP contribution in [0.5, 0.6) is 11.5 Å². The van der Waals surface area contributed by atoms with Gasteiger partial charge in [0, 0.05) is 6.54 Å². The van der Waals surface area contributed by atoms with Crippen LogP contribution in [0.3, 0.4) is 0 Å². The Balaban J connectivity index is 1.66. The fraction of sp³-hybridized carbons (Fsp3) is 0.316. The van der Waals surface area contributed by atoms with E-state index in [4.69, 9.17) is 4.74 Å². The van der Waals surface area contributed by atoms with Crippen LogP contribution in [0.15, 0.2) is 48.5 Å². The Hall–Kier alpha value is -2.40. The van der Waals surface area contributed by atoms with Crippen LogP contribution >= 0.6 is 0 Å². The minimum Gasteiger partial charge on any atom is -0.454 e. The Bertz CT molecular complexity index is 700. The summed E-state index contributed by atoms with van der Waals surface area (Å²) in [5.41, 5.74) is 0.715. The van der Waals surface area contributed by atoms with E-state index in [9.17, 15) is 9.18 Å². The number of hydrogen-bond donors (Lipinski definition) is 2. The largest absolute Gasteiger partial charge is 0.454 e. The van der Waals surface area contributed by atoms with Crippen molar-refractivity contribution in [3.8, 4) is 11.5 Å². The minimum absolute atomic E-state index is 0.00187. The van der Waals surface area contributed by atoms with Crippen LogP contribution in [0.4, 0.5) is 4.39 Å². The van der Waals surface area contributed by atoms with Crippen LogP contribution in [0.1, 0.15) is 24.9 Å². The van der Waals surface area contributed by atoms with Crippen LogP contribution in [0.2, 0.25) is 0 Å². The van der Waals surface area contributed by atoms with Crippen LogP contribution in [-0.2, 0) is 4.79 Å². The van der Waals surface area contributed by atoms with E-state index >= 15 is 0 Å². The Morgan fingerprint density at radius 1 is 1.29 bits per heavy atom. The summed E-state index contributed by atoms with van der Waals surface area (Å²) < 4.78 is 19.8. The number of carbonyl (C=O) groups is 1. The second kappa shape index (κ2) is 7.45. The third kappa shape index (κ3) is 3.92. The highest BCUT2D eigenvalue weighted by atomic mass is 19.1. The number of nitrogens with one attached hydrogen (secondary N) is 2. The zero-order valence-corrected chi connectivity index (χ0v) is 13.6. The van der Waals surface area contributed by atoms with Crippen molar-refractivity contribution < 1.29 is 13.9 Å². The van der Waals surface area contributed by atoms with Crippen molar-refractivity contribution >= 4 is 5.91 Å². The van der Waals surface area contributed by atoms with Gasteiger partial charge in [-0.1, -0.05) is 24.3 Å². The van der Waals surface area contributed by atoms with E-state index in [-0.39, 0.29) is 23.6 Å². The van der Waals surface area contributed by atoms with Gasteiger partial charge in [0.1, 0.15) is 5.75 Å². The number of para-hydroxylation sites is 1. The molecule has 0 aromatic heterocycles. The molecule has 1 aliphatic heterocycles. The van der Waals surface area contributed by atoms with Gasteiger partial charge in [-0.15, -0.1) is 0 Å². The molecule has 5 heteroatoms.